The Hall–Kier alpha value is 0.170. The van der Waals surface area contributed by atoms with Gasteiger partial charge in [-0.2, -0.15) is 0 Å². The lowest BCUT2D eigenvalue weighted by Gasteiger charge is -2.16. The largest absolute Gasteiger partial charge is 0.243 e. The van der Waals surface area contributed by atoms with Crippen molar-refractivity contribution in [2.75, 3.05) is 0 Å². The average molecular weight is 294 g/mol. The molecule has 0 fully saturated rings. The molecule has 0 aliphatic heterocycles. The highest BCUT2D eigenvalue weighted by Gasteiger charge is 2.14. The summed E-state index contributed by atoms with van der Waals surface area (Å²) in [7, 11) is 0. The molecular formula is C9H9ClIN. The molecule has 1 aliphatic rings. The number of rotatable bonds is 0. The van der Waals surface area contributed by atoms with E-state index in [0.29, 0.717) is 5.15 Å². The molecule has 0 saturated heterocycles. The SMILES string of the molecule is Clc1ncc2c(c1I)CCCC2. The Balaban J connectivity index is 2.54. The molecule has 0 aromatic carbocycles. The van der Waals surface area contributed by atoms with Crippen LogP contribution in [0, 0.1) is 3.57 Å². The van der Waals surface area contributed by atoms with Gasteiger partial charge in [-0.25, -0.2) is 4.98 Å². The second kappa shape index (κ2) is 3.50. The highest BCUT2D eigenvalue weighted by atomic mass is 127. The second-order valence-electron chi connectivity index (χ2n) is 3.07. The summed E-state index contributed by atoms with van der Waals surface area (Å²) in [5.74, 6) is 0. The van der Waals surface area contributed by atoms with Crippen molar-refractivity contribution in [3.05, 3.63) is 26.0 Å². The molecule has 0 radical (unpaired) electrons. The molecule has 1 aromatic heterocycles. The van der Waals surface area contributed by atoms with Crippen LogP contribution < -0.4 is 0 Å². The third-order valence-corrected chi connectivity index (χ3v) is 4.06. The van der Waals surface area contributed by atoms with E-state index in [2.05, 4.69) is 27.6 Å². The molecule has 0 spiro atoms. The van der Waals surface area contributed by atoms with Gasteiger partial charge in [0.25, 0.3) is 0 Å². The lowest BCUT2D eigenvalue weighted by Crippen LogP contribution is -2.06. The van der Waals surface area contributed by atoms with Crippen molar-refractivity contribution < 1.29 is 0 Å². The summed E-state index contributed by atoms with van der Waals surface area (Å²) in [6.07, 6.45) is 6.88. The predicted molar refractivity (Wildman–Crippen MR) is 58.6 cm³/mol. The van der Waals surface area contributed by atoms with Crippen LogP contribution in [0.2, 0.25) is 5.15 Å². The minimum Gasteiger partial charge on any atom is -0.243 e. The number of halogens is 2. The van der Waals surface area contributed by atoms with Gasteiger partial charge >= 0.3 is 0 Å². The van der Waals surface area contributed by atoms with Crippen molar-refractivity contribution in [3.8, 4) is 0 Å². The van der Waals surface area contributed by atoms with E-state index in [4.69, 9.17) is 11.6 Å². The Morgan fingerprint density at radius 1 is 1.33 bits per heavy atom. The van der Waals surface area contributed by atoms with E-state index in [0.717, 1.165) is 3.57 Å². The van der Waals surface area contributed by atoms with Gasteiger partial charge in [0, 0.05) is 6.20 Å². The summed E-state index contributed by atoms with van der Waals surface area (Å²) >= 11 is 8.22. The lowest BCUT2D eigenvalue weighted by atomic mass is 9.94. The summed E-state index contributed by atoms with van der Waals surface area (Å²) in [5.41, 5.74) is 2.83. The fraction of sp³-hybridized carbons (Fsp3) is 0.444. The molecule has 1 nitrogen and oxygen atoms in total. The highest BCUT2D eigenvalue weighted by molar-refractivity contribution is 14.1. The first-order valence-corrected chi connectivity index (χ1v) is 5.56. The molecule has 0 amide bonds. The van der Waals surface area contributed by atoms with Crippen molar-refractivity contribution in [1.82, 2.24) is 4.98 Å². The van der Waals surface area contributed by atoms with E-state index in [1.807, 2.05) is 6.20 Å². The van der Waals surface area contributed by atoms with Gasteiger partial charge in [0.05, 0.1) is 3.57 Å². The zero-order valence-electron chi connectivity index (χ0n) is 6.61. The van der Waals surface area contributed by atoms with E-state index in [9.17, 15) is 0 Å². The van der Waals surface area contributed by atoms with Crippen molar-refractivity contribution >= 4 is 34.2 Å². The van der Waals surface area contributed by atoms with Gasteiger partial charge in [-0.1, -0.05) is 11.6 Å². The van der Waals surface area contributed by atoms with Gasteiger partial charge in [-0.05, 0) is 59.4 Å². The molecule has 0 unspecified atom stereocenters. The van der Waals surface area contributed by atoms with Crippen LogP contribution in [-0.4, -0.2) is 4.98 Å². The van der Waals surface area contributed by atoms with E-state index < -0.39 is 0 Å². The van der Waals surface area contributed by atoms with Crippen LogP contribution in [-0.2, 0) is 12.8 Å². The topological polar surface area (TPSA) is 12.9 Å². The van der Waals surface area contributed by atoms with E-state index in [1.165, 1.54) is 36.8 Å². The van der Waals surface area contributed by atoms with Crippen molar-refractivity contribution in [2.24, 2.45) is 0 Å². The molecule has 1 aromatic rings. The summed E-state index contributed by atoms with van der Waals surface area (Å²) in [4.78, 5) is 4.15. The Morgan fingerprint density at radius 3 is 2.92 bits per heavy atom. The van der Waals surface area contributed by atoms with E-state index in [-0.39, 0.29) is 0 Å². The second-order valence-corrected chi connectivity index (χ2v) is 4.51. The predicted octanol–water partition coefficient (Wildman–Crippen LogP) is 3.22. The van der Waals surface area contributed by atoms with Crippen LogP contribution in [0.5, 0.6) is 0 Å². The first-order valence-electron chi connectivity index (χ1n) is 4.11. The maximum Gasteiger partial charge on any atom is 0.142 e. The Bertz CT molecular complexity index is 312. The Kier molecular flexibility index (Phi) is 2.55. The van der Waals surface area contributed by atoms with Crippen LogP contribution >= 0.6 is 34.2 Å². The first kappa shape index (κ1) is 8.75. The van der Waals surface area contributed by atoms with Gasteiger partial charge < -0.3 is 0 Å². The van der Waals surface area contributed by atoms with Crippen molar-refractivity contribution in [1.29, 1.82) is 0 Å². The molecule has 0 N–H and O–H groups in total. The minimum absolute atomic E-state index is 0.663. The maximum absolute atomic E-state index is 5.93. The number of hydrogen-bond donors (Lipinski definition) is 0. The third-order valence-electron chi connectivity index (χ3n) is 2.29. The normalized spacial score (nSPS) is 15.8. The number of nitrogens with zero attached hydrogens (tertiary/aromatic N) is 1. The molecule has 1 heterocycles. The average Bonchev–Trinajstić information content (AvgIpc) is 2.12. The molecule has 0 saturated carbocycles. The summed E-state index contributed by atoms with van der Waals surface area (Å²) in [5, 5.41) is 0.663. The van der Waals surface area contributed by atoms with Crippen LogP contribution in [0.3, 0.4) is 0 Å². The molecule has 2 rings (SSSR count). The molecule has 64 valence electrons. The molecular weight excluding hydrogens is 284 g/mol. The molecule has 3 heteroatoms. The summed E-state index contributed by atoms with van der Waals surface area (Å²) in [6.45, 7) is 0. The van der Waals surface area contributed by atoms with Crippen molar-refractivity contribution in [2.45, 2.75) is 25.7 Å². The number of pyridine rings is 1. The van der Waals surface area contributed by atoms with E-state index in [1.54, 1.807) is 0 Å². The molecule has 1 aliphatic carbocycles. The minimum atomic E-state index is 0.663. The van der Waals surface area contributed by atoms with Gasteiger partial charge in [0.1, 0.15) is 5.15 Å². The monoisotopic (exact) mass is 293 g/mol. The van der Waals surface area contributed by atoms with Gasteiger partial charge in [-0.15, -0.1) is 0 Å². The molecule has 0 bridgehead atoms. The maximum atomic E-state index is 5.93. The standard InChI is InChI=1S/C9H9ClIN/c10-9-8(11)7-4-2-1-3-6(7)5-12-9/h5H,1-4H2. The van der Waals surface area contributed by atoms with Crippen LogP contribution in [0.25, 0.3) is 0 Å². The fourth-order valence-electron chi connectivity index (χ4n) is 1.64. The zero-order chi connectivity index (χ0) is 8.55. The lowest BCUT2D eigenvalue weighted by molar-refractivity contribution is 0.679. The van der Waals surface area contributed by atoms with Crippen LogP contribution in [0.4, 0.5) is 0 Å². The Morgan fingerprint density at radius 2 is 2.08 bits per heavy atom. The first-order chi connectivity index (χ1) is 5.79. The fourth-order valence-corrected chi connectivity index (χ4v) is 2.56. The van der Waals surface area contributed by atoms with Crippen molar-refractivity contribution in [3.63, 3.8) is 0 Å². The number of aryl methyl sites for hydroxylation is 1. The summed E-state index contributed by atoms with van der Waals surface area (Å²) in [6, 6.07) is 0. The smallest absolute Gasteiger partial charge is 0.142 e. The number of hydrogen-bond acceptors (Lipinski definition) is 1. The van der Waals surface area contributed by atoms with E-state index >= 15 is 0 Å². The third kappa shape index (κ3) is 1.46. The summed E-state index contributed by atoms with van der Waals surface area (Å²) < 4.78 is 1.16. The van der Waals surface area contributed by atoms with Gasteiger partial charge in [0.2, 0.25) is 0 Å². The molecule has 12 heavy (non-hydrogen) atoms. The highest BCUT2D eigenvalue weighted by Crippen LogP contribution is 2.28. The Labute approximate surface area is 90.7 Å². The van der Waals surface area contributed by atoms with Gasteiger partial charge in [-0.3, -0.25) is 0 Å². The molecule has 0 atom stereocenters. The van der Waals surface area contributed by atoms with Crippen LogP contribution in [0.1, 0.15) is 24.0 Å². The van der Waals surface area contributed by atoms with Gasteiger partial charge in [0.15, 0.2) is 0 Å². The quantitative estimate of drug-likeness (QED) is 0.529. The number of aromatic nitrogens is 1. The zero-order valence-corrected chi connectivity index (χ0v) is 9.52. The number of fused-ring (bicyclic) bond motifs is 1. The van der Waals surface area contributed by atoms with Crippen LogP contribution in [0.15, 0.2) is 6.20 Å².